The van der Waals surface area contributed by atoms with Crippen LogP contribution in [-0.2, 0) is 0 Å². The van der Waals surface area contributed by atoms with Crippen molar-refractivity contribution >= 4 is 17.4 Å². The molecule has 2 nitrogen and oxygen atoms in total. The highest BCUT2D eigenvalue weighted by atomic mass is 32.2. The highest BCUT2D eigenvalue weighted by Gasteiger charge is 2.14. The highest BCUT2D eigenvalue weighted by Crippen LogP contribution is 2.27. The van der Waals surface area contributed by atoms with E-state index >= 15 is 0 Å². The third kappa shape index (κ3) is 2.81. The molecule has 0 amide bonds. The molecule has 0 unspecified atom stereocenters. The molecule has 0 bridgehead atoms. The number of hydrogen-bond donors (Lipinski definition) is 1. The fraction of sp³-hybridized carbons (Fsp3) is 0.500. The van der Waals surface area contributed by atoms with Gasteiger partial charge in [0.15, 0.2) is 0 Å². The van der Waals surface area contributed by atoms with Crippen molar-refractivity contribution < 1.29 is 4.74 Å². The number of ether oxygens (including phenoxy) is 1. The molecule has 2 rings (SSSR count). The molecule has 1 N–H and O–H groups in total. The summed E-state index contributed by atoms with van der Waals surface area (Å²) in [5, 5.41) is 3.56. The van der Waals surface area contributed by atoms with Crippen molar-refractivity contribution in [2.24, 2.45) is 0 Å². The molecule has 1 aliphatic heterocycles. The van der Waals surface area contributed by atoms with Gasteiger partial charge in [-0.2, -0.15) is 11.8 Å². The summed E-state index contributed by atoms with van der Waals surface area (Å²) in [5.41, 5.74) is 1.12. The Morgan fingerprint density at radius 3 is 2.73 bits per heavy atom. The lowest BCUT2D eigenvalue weighted by atomic mass is 10.1. The zero-order chi connectivity index (χ0) is 10.5. The summed E-state index contributed by atoms with van der Waals surface area (Å²) in [7, 11) is 1.72. The van der Waals surface area contributed by atoms with Crippen molar-refractivity contribution in [2.75, 3.05) is 23.9 Å². The Morgan fingerprint density at radius 1 is 1.27 bits per heavy atom. The third-order valence-corrected chi connectivity index (χ3v) is 3.74. The van der Waals surface area contributed by atoms with Gasteiger partial charge in [0.25, 0.3) is 0 Å². The first-order chi connectivity index (χ1) is 7.40. The Kier molecular flexibility index (Phi) is 3.78. The number of methoxy groups -OCH3 is 1. The fourth-order valence-electron chi connectivity index (χ4n) is 1.83. The van der Waals surface area contributed by atoms with Gasteiger partial charge in [0.1, 0.15) is 5.75 Å². The van der Waals surface area contributed by atoms with Gasteiger partial charge in [-0.15, -0.1) is 0 Å². The van der Waals surface area contributed by atoms with Gasteiger partial charge in [-0.25, -0.2) is 0 Å². The van der Waals surface area contributed by atoms with Crippen molar-refractivity contribution in [3.05, 3.63) is 24.3 Å². The van der Waals surface area contributed by atoms with Gasteiger partial charge >= 0.3 is 0 Å². The van der Waals surface area contributed by atoms with Crippen LogP contribution in [0.3, 0.4) is 0 Å². The lowest BCUT2D eigenvalue weighted by Crippen LogP contribution is -2.24. The van der Waals surface area contributed by atoms with Crippen LogP contribution in [0.1, 0.15) is 12.8 Å². The zero-order valence-electron chi connectivity index (χ0n) is 9.03. The second-order valence-corrected chi connectivity index (χ2v) is 4.96. The number of hydrogen-bond acceptors (Lipinski definition) is 3. The second-order valence-electron chi connectivity index (χ2n) is 3.73. The molecular formula is C12H17NOS. The topological polar surface area (TPSA) is 21.3 Å². The molecule has 0 aromatic heterocycles. The van der Waals surface area contributed by atoms with Crippen LogP contribution in [-0.4, -0.2) is 24.7 Å². The van der Waals surface area contributed by atoms with Crippen LogP contribution in [0.15, 0.2) is 24.3 Å². The first-order valence-electron chi connectivity index (χ1n) is 5.37. The van der Waals surface area contributed by atoms with E-state index in [1.54, 1.807) is 7.11 Å². The van der Waals surface area contributed by atoms with Crippen LogP contribution < -0.4 is 10.1 Å². The molecule has 15 heavy (non-hydrogen) atoms. The predicted octanol–water partition coefficient (Wildman–Crippen LogP) is 3.00. The van der Waals surface area contributed by atoms with Gasteiger partial charge in [0.2, 0.25) is 0 Å². The number of nitrogens with one attached hydrogen (secondary N) is 1. The Balaban J connectivity index is 2.02. The molecule has 82 valence electrons. The summed E-state index contributed by atoms with van der Waals surface area (Å²) in [6.45, 7) is 0. The lowest BCUT2D eigenvalue weighted by molar-refractivity contribution is 0.415. The number of para-hydroxylation sites is 2. The zero-order valence-corrected chi connectivity index (χ0v) is 9.85. The van der Waals surface area contributed by atoms with Crippen LogP contribution in [0.5, 0.6) is 5.75 Å². The van der Waals surface area contributed by atoms with E-state index in [2.05, 4.69) is 11.4 Å². The first-order valence-corrected chi connectivity index (χ1v) is 6.53. The molecule has 0 spiro atoms. The maximum atomic E-state index is 5.32. The van der Waals surface area contributed by atoms with E-state index in [4.69, 9.17) is 4.74 Å². The second kappa shape index (κ2) is 5.31. The van der Waals surface area contributed by atoms with Gasteiger partial charge < -0.3 is 10.1 Å². The van der Waals surface area contributed by atoms with Crippen molar-refractivity contribution in [1.82, 2.24) is 0 Å². The van der Waals surface area contributed by atoms with Gasteiger partial charge in [0.05, 0.1) is 12.8 Å². The minimum atomic E-state index is 0.613. The highest BCUT2D eigenvalue weighted by molar-refractivity contribution is 7.99. The monoisotopic (exact) mass is 223 g/mol. The van der Waals surface area contributed by atoms with E-state index in [-0.39, 0.29) is 0 Å². The largest absolute Gasteiger partial charge is 0.495 e. The smallest absolute Gasteiger partial charge is 0.141 e. The van der Waals surface area contributed by atoms with Gasteiger partial charge in [-0.05, 0) is 36.5 Å². The van der Waals surface area contributed by atoms with Gasteiger partial charge in [-0.1, -0.05) is 12.1 Å². The Bertz CT molecular complexity index is 310. The minimum Gasteiger partial charge on any atom is -0.495 e. The van der Waals surface area contributed by atoms with Crippen molar-refractivity contribution in [3.8, 4) is 5.75 Å². The molecule has 0 saturated carbocycles. The number of anilines is 1. The molecular weight excluding hydrogens is 206 g/mol. The number of thioether (sulfide) groups is 1. The van der Waals surface area contributed by atoms with Crippen molar-refractivity contribution in [3.63, 3.8) is 0 Å². The van der Waals surface area contributed by atoms with E-state index in [0.29, 0.717) is 6.04 Å². The van der Waals surface area contributed by atoms with Gasteiger partial charge in [0, 0.05) is 6.04 Å². The summed E-state index contributed by atoms with van der Waals surface area (Å²) in [4.78, 5) is 0. The first kappa shape index (κ1) is 10.7. The summed E-state index contributed by atoms with van der Waals surface area (Å²) < 4.78 is 5.32. The molecule has 0 aliphatic carbocycles. The van der Waals surface area contributed by atoms with E-state index in [1.807, 2.05) is 30.0 Å². The molecule has 1 aromatic carbocycles. The van der Waals surface area contributed by atoms with Crippen molar-refractivity contribution in [2.45, 2.75) is 18.9 Å². The van der Waals surface area contributed by atoms with Crippen LogP contribution in [0.2, 0.25) is 0 Å². The van der Waals surface area contributed by atoms with E-state index < -0.39 is 0 Å². The van der Waals surface area contributed by atoms with Crippen LogP contribution in [0.25, 0.3) is 0 Å². The van der Waals surface area contributed by atoms with Gasteiger partial charge in [-0.3, -0.25) is 0 Å². The Hall–Kier alpha value is -0.830. The van der Waals surface area contributed by atoms with E-state index in [0.717, 1.165) is 11.4 Å². The maximum Gasteiger partial charge on any atom is 0.141 e. The van der Waals surface area contributed by atoms with Crippen LogP contribution in [0, 0.1) is 0 Å². The summed E-state index contributed by atoms with van der Waals surface area (Å²) in [5.74, 6) is 3.48. The molecule has 0 radical (unpaired) electrons. The van der Waals surface area contributed by atoms with Crippen molar-refractivity contribution in [1.29, 1.82) is 0 Å². The average molecular weight is 223 g/mol. The van der Waals surface area contributed by atoms with E-state index in [1.165, 1.54) is 24.3 Å². The molecule has 1 fully saturated rings. The summed E-state index contributed by atoms with van der Waals surface area (Å²) in [6.07, 6.45) is 2.51. The predicted molar refractivity (Wildman–Crippen MR) is 67.0 cm³/mol. The summed E-state index contributed by atoms with van der Waals surface area (Å²) in [6, 6.07) is 8.74. The molecule has 1 aromatic rings. The van der Waals surface area contributed by atoms with Crippen LogP contribution >= 0.6 is 11.8 Å². The number of benzene rings is 1. The SMILES string of the molecule is COc1ccccc1NC1CCSCC1. The molecule has 1 aliphatic rings. The normalized spacial score (nSPS) is 17.4. The molecule has 1 heterocycles. The van der Waals surface area contributed by atoms with Crippen LogP contribution in [0.4, 0.5) is 5.69 Å². The lowest BCUT2D eigenvalue weighted by Gasteiger charge is -2.24. The Morgan fingerprint density at radius 2 is 2.00 bits per heavy atom. The third-order valence-electron chi connectivity index (χ3n) is 2.69. The fourth-order valence-corrected chi connectivity index (χ4v) is 2.93. The molecule has 0 atom stereocenters. The Labute approximate surface area is 95.4 Å². The molecule has 1 saturated heterocycles. The quantitative estimate of drug-likeness (QED) is 0.851. The van der Waals surface area contributed by atoms with E-state index in [9.17, 15) is 0 Å². The summed E-state index contributed by atoms with van der Waals surface area (Å²) >= 11 is 2.05. The standard InChI is InChI=1S/C12H17NOS/c1-14-12-5-3-2-4-11(12)13-10-6-8-15-9-7-10/h2-5,10,13H,6-9H2,1H3. The molecule has 3 heteroatoms. The maximum absolute atomic E-state index is 5.32. The average Bonchev–Trinajstić information content (AvgIpc) is 2.31. The number of rotatable bonds is 3. The minimum absolute atomic E-state index is 0.613.